The van der Waals surface area contributed by atoms with Gasteiger partial charge in [0.15, 0.2) is 5.11 Å². The lowest BCUT2D eigenvalue weighted by atomic mass is 10.1. The molecule has 0 aliphatic rings. The number of carbonyl (C=O) groups excluding carboxylic acids is 1. The number of esters is 1. The van der Waals surface area contributed by atoms with Crippen molar-refractivity contribution in [1.82, 2.24) is 5.43 Å². The molecule has 0 bridgehead atoms. The Morgan fingerprint density at radius 3 is 2.82 bits per heavy atom. The maximum absolute atomic E-state index is 11.4. The van der Waals surface area contributed by atoms with E-state index in [-0.39, 0.29) is 11.1 Å². The number of rotatable bonds is 3. The van der Waals surface area contributed by atoms with Crippen molar-refractivity contribution in [2.24, 2.45) is 10.8 Å². The molecule has 0 fully saturated rings. The number of nitrogens with one attached hydrogen (secondary N) is 1. The number of hydrogen-bond acceptors (Lipinski definition) is 4. The fourth-order valence-corrected chi connectivity index (χ4v) is 1.35. The maximum atomic E-state index is 11.4. The van der Waals surface area contributed by atoms with Gasteiger partial charge >= 0.3 is 5.97 Å². The Balaban J connectivity index is 2.93. The lowest BCUT2D eigenvalue weighted by Gasteiger charge is -2.03. The number of ether oxygens (including phenoxy) is 1. The molecule has 0 saturated heterocycles. The molecular formula is C11H13N3O2S. The fourth-order valence-electron chi connectivity index (χ4n) is 1.29. The molecule has 0 aliphatic heterocycles. The van der Waals surface area contributed by atoms with Gasteiger partial charge in [-0.05, 0) is 42.4 Å². The van der Waals surface area contributed by atoms with E-state index in [1.807, 2.05) is 13.0 Å². The van der Waals surface area contributed by atoms with Crippen LogP contribution in [0.4, 0.5) is 0 Å². The number of nitrogens with two attached hydrogens (primary N) is 1. The molecule has 1 aromatic rings. The highest BCUT2D eigenvalue weighted by atomic mass is 32.1. The normalized spacial score (nSPS) is 10.2. The van der Waals surface area contributed by atoms with Gasteiger partial charge in [-0.2, -0.15) is 5.10 Å². The highest BCUT2D eigenvalue weighted by Gasteiger charge is 2.06. The van der Waals surface area contributed by atoms with Gasteiger partial charge in [-0.25, -0.2) is 4.79 Å². The number of methoxy groups -OCH3 is 1. The van der Waals surface area contributed by atoms with Crippen LogP contribution in [0, 0.1) is 6.92 Å². The van der Waals surface area contributed by atoms with Crippen molar-refractivity contribution in [2.45, 2.75) is 6.92 Å². The van der Waals surface area contributed by atoms with Crippen molar-refractivity contribution in [2.75, 3.05) is 7.11 Å². The second-order valence-electron chi connectivity index (χ2n) is 3.36. The average molecular weight is 251 g/mol. The van der Waals surface area contributed by atoms with Crippen LogP contribution < -0.4 is 11.2 Å². The molecule has 0 radical (unpaired) electrons. The molecular weight excluding hydrogens is 238 g/mol. The van der Waals surface area contributed by atoms with E-state index < -0.39 is 0 Å². The van der Waals surface area contributed by atoms with E-state index >= 15 is 0 Å². The Morgan fingerprint density at radius 2 is 2.24 bits per heavy atom. The number of carbonyl (C=O) groups is 1. The third-order valence-electron chi connectivity index (χ3n) is 1.91. The molecule has 0 saturated carbocycles. The van der Waals surface area contributed by atoms with Crippen molar-refractivity contribution in [3.05, 3.63) is 34.9 Å². The zero-order valence-corrected chi connectivity index (χ0v) is 10.4. The van der Waals surface area contributed by atoms with Crippen molar-refractivity contribution in [3.8, 4) is 0 Å². The van der Waals surface area contributed by atoms with E-state index in [1.165, 1.54) is 13.3 Å². The van der Waals surface area contributed by atoms with Crippen molar-refractivity contribution < 1.29 is 9.53 Å². The van der Waals surface area contributed by atoms with Crippen LogP contribution in [-0.4, -0.2) is 24.4 Å². The van der Waals surface area contributed by atoms with Crippen LogP contribution in [-0.2, 0) is 4.74 Å². The lowest BCUT2D eigenvalue weighted by molar-refractivity contribution is 0.0600. The molecule has 0 atom stereocenters. The van der Waals surface area contributed by atoms with Crippen LogP contribution in [0.5, 0.6) is 0 Å². The summed E-state index contributed by atoms with van der Waals surface area (Å²) in [7, 11) is 1.34. The highest BCUT2D eigenvalue weighted by Crippen LogP contribution is 2.09. The van der Waals surface area contributed by atoms with Gasteiger partial charge in [-0.15, -0.1) is 0 Å². The van der Waals surface area contributed by atoms with Gasteiger partial charge in [-0.1, -0.05) is 6.07 Å². The Labute approximate surface area is 105 Å². The molecule has 1 aromatic carbocycles. The van der Waals surface area contributed by atoms with Gasteiger partial charge in [0.1, 0.15) is 0 Å². The number of nitrogens with zero attached hydrogens (tertiary/aromatic N) is 1. The quantitative estimate of drug-likeness (QED) is 0.362. The minimum atomic E-state index is -0.384. The molecule has 0 amide bonds. The molecule has 0 heterocycles. The number of thiocarbonyl (C=S) groups is 1. The lowest BCUT2D eigenvalue weighted by Crippen LogP contribution is -2.24. The van der Waals surface area contributed by atoms with Crippen LogP contribution >= 0.6 is 12.2 Å². The number of aryl methyl sites for hydroxylation is 1. The van der Waals surface area contributed by atoms with E-state index in [1.54, 1.807) is 12.1 Å². The molecule has 0 unspecified atom stereocenters. The van der Waals surface area contributed by atoms with E-state index in [0.717, 1.165) is 11.1 Å². The minimum absolute atomic E-state index is 0.0853. The van der Waals surface area contributed by atoms with Crippen LogP contribution in [0.3, 0.4) is 0 Å². The number of benzene rings is 1. The minimum Gasteiger partial charge on any atom is -0.465 e. The molecule has 0 aliphatic carbocycles. The molecule has 6 heteroatoms. The predicted molar refractivity (Wildman–Crippen MR) is 70.0 cm³/mol. The van der Waals surface area contributed by atoms with Crippen LogP contribution in [0.25, 0.3) is 0 Å². The van der Waals surface area contributed by atoms with Gasteiger partial charge in [0, 0.05) is 0 Å². The SMILES string of the molecule is COC(=O)c1cc(C)cc(C=NNC(N)=S)c1. The summed E-state index contributed by atoms with van der Waals surface area (Å²) < 4.78 is 4.65. The van der Waals surface area contributed by atoms with Gasteiger partial charge in [-0.3, -0.25) is 5.43 Å². The monoisotopic (exact) mass is 251 g/mol. The van der Waals surface area contributed by atoms with Crippen molar-refractivity contribution in [1.29, 1.82) is 0 Å². The van der Waals surface area contributed by atoms with Crippen LogP contribution in [0.1, 0.15) is 21.5 Å². The Bertz CT molecular complexity index is 472. The summed E-state index contributed by atoms with van der Waals surface area (Å²) in [6.45, 7) is 1.88. The zero-order valence-electron chi connectivity index (χ0n) is 9.56. The third-order valence-corrected chi connectivity index (χ3v) is 2.00. The first-order valence-electron chi connectivity index (χ1n) is 4.81. The highest BCUT2D eigenvalue weighted by molar-refractivity contribution is 7.80. The molecule has 17 heavy (non-hydrogen) atoms. The number of hydrazone groups is 1. The predicted octanol–water partition coefficient (Wildman–Crippen LogP) is 0.949. The molecule has 3 N–H and O–H groups in total. The third kappa shape index (κ3) is 4.20. The first-order valence-corrected chi connectivity index (χ1v) is 5.22. The standard InChI is InChI=1S/C11H13N3O2S/c1-7-3-8(6-13-14-11(12)17)5-9(4-7)10(15)16-2/h3-6H,1-2H3,(H3,12,14,17). The Hall–Kier alpha value is -1.95. The van der Waals surface area contributed by atoms with Gasteiger partial charge in [0.2, 0.25) is 0 Å². The largest absolute Gasteiger partial charge is 0.465 e. The van der Waals surface area contributed by atoms with E-state index in [0.29, 0.717) is 5.56 Å². The molecule has 1 rings (SSSR count). The average Bonchev–Trinajstić information content (AvgIpc) is 2.26. The molecule has 5 nitrogen and oxygen atoms in total. The molecule has 90 valence electrons. The smallest absolute Gasteiger partial charge is 0.337 e. The van der Waals surface area contributed by atoms with Crippen molar-refractivity contribution >= 4 is 29.5 Å². The van der Waals surface area contributed by atoms with Gasteiger partial charge < -0.3 is 10.5 Å². The summed E-state index contributed by atoms with van der Waals surface area (Å²) in [5, 5.41) is 3.90. The first kappa shape index (κ1) is 13.1. The zero-order chi connectivity index (χ0) is 12.8. The van der Waals surface area contributed by atoms with E-state index in [9.17, 15) is 4.79 Å². The maximum Gasteiger partial charge on any atom is 0.337 e. The Kier molecular flexibility index (Phi) is 4.59. The van der Waals surface area contributed by atoms with E-state index in [4.69, 9.17) is 5.73 Å². The van der Waals surface area contributed by atoms with Gasteiger partial charge in [0.25, 0.3) is 0 Å². The fraction of sp³-hybridized carbons (Fsp3) is 0.182. The summed E-state index contributed by atoms with van der Waals surface area (Å²) in [5.41, 5.74) is 9.83. The second kappa shape index (κ2) is 5.95. The summed E-state index contributed by atoms with van der Waals surface area (Å²) in [6, 6.07) is 5.28. The Morgan fingerprint density at radius 1 is 1.53 bits per heavy atom. The summed E-state index contributed by atoms with van der Waals surface area (Å²) in [4.78, 5) is 11.4. The number of hydrogen-bond donors (Lipinski definition) is 2. The summed E-state index contributed by atoms with van der Waals surface area (Å²) in [5.74, 6) is -0.384. The topological polar surface area (TPSA) is 76.7 Å². The van der Waals surface area contributed by atoms with Gasteiger partial charge in [0.05, 0.1) is 18.9 Å². The van der Waals surface area contributed by atoms with Crippen LogP contribution in [0.2, 0.25) is 0 Å². The molecule has 0 spiro atoms. The van der Waals surface area contributed by atoms with Crippen molar-refractivity contribution in [3.63, 3.8) is 0 Å². The second-order valence-corrected chi connectivity index (χ2v) is 3.80. The van der Waals surface area contributed by atoms with E-state index in [2.05, 4.69) is 27.5 Å². The van der Waals surface area contributed by atoms with Crippen LogP contribution in [0.15, 0.2) is 23.3 Å². The molecule has 0 aromatic heterocycles. The summed E-state index contributed by atoms with van der Waals surface area (Å²) in [6.07, 6.45) is 1.53. The first-order chi connectivity index (χ1) is 8.02. The summed E-state index contributed by atoms with van der Waals surface area (Å²) >= 11 is 4.60.